The minimum Gasteiger partial charge on any atom is -1.00 e. The van der Waals surface area contributed by atoms with Crippen LogP contribution >= 0.6 is 0 Å². The highest BCUT2D eigenvalue weighted by molar-refractivity contribution is 5.84. The molecule has 0 aliphatic carbocycles. The maximum atomic E-state index is 15.5. The predicted octanol–water partition coefficient (Wildman–Crippen LogP) is 2.58. The summed E-state index contributed by atoms with van der Waals surface area (Å²) in [4.78, 5) is 22.1. The number of benzene rings is 2. The summed E-state index contributed by atoms with van der Waals surface area (Å²) in [5.74, 6) is -0.222. The molecule has 0 spiro atoms. The number of nitrogens with zero attached hydrogens (tertiary/aromatic N) is 8. The SMILES string of the molecule is CCN(CC)CCCn1cc(CN2CCN(c3cc4c(ccc(/C=C/c5cc6ccc(N(CC)CC)cc6oc5=O)[n+]4C)cc3F)CC2)nn1.[I-]. The van der Waals surface area contributed by atoms with Gasteiger partial charge in [0.15, 0.2) is 0 Å². The van der Waals surface area contributed by atoms with Gasteiger partial charge in [-0.1, -0.05) is 19.1 Å². The van der Waals surface area contributed by atoms with E-state index in [0.717, 1.165) is 112 Å². The largest absolute Gasteiger partial charge is 1.00 e. The zero-order valence-electron chi connectivity index (χ0n) is 30.5. The van der Waals surface area contributed by atoms with Gasteiger partial charge in [-0.3, -0.25) is 9.58 Å². The van der Waals surface area contributed by atoms with Crippen molar-refractivity contribution < 1.29 is 37.4 Å². The number of halogens is 2. The number of pyridine rings is 1. The number of hydrogen-bond donors (Lipinski definition) is 0. The number of fused-ring (bicyclic) bond motifs is 2. The third-order valence-electron chi connectivity index (χ3n) is 10.0. The van der Waals surface area contributed by atoms with Gasteiger partial charge in [0.05, 0.1) is 16.9 Å². The smallest absolute Gasteiger partial charge is 0.343 e. The standard InChI is InChI=1S/C39H50FN8O2.HI/c1-6-44(7-2)17-10-18-48-28-32(41-42-48)27-45-19-21-47(22-20-45)37-26-36-29(24-35(37)40)11-14-33(43(36)5)15-13-31-23-30-12-16-34(46(8-3)9-4)25-38(30)50-39(31)49;/h11-16,23-26,28H,6-10,17-22,27H2,1-5H3;1H/q+1;/p-1. The van der Waals surface area contributed by atoms with Crippen LogP contribution in [-0.4, -0.2) is 83.7 Å². The van der Waals surface area contributed by atoms with Crippen LogP contribution in [0.5, 0.6) is 0 Å². The van der Waals surface area contributed by atoms with Crippen molar-refractivity contribution in [2.24, 2.45) is 7.05 Å². The normalized spacial score (nSPS) is 13.9. The van der Waals surface area contributed by atoms with Crippen molar-refractivity contribution in [1.82, 2.24) is 24.8 Å². The summed E-state index contributed by atoms with van der Waals surface area (Å²) in [6, 6.07) is 15.3. The zero-order valence-corrected chi connectivity index (χ0v) is 32.6. The van der Waals surface area contributed by atoms with E-state index < -0.39 is 0 Å². The molecule has 51 heavy (non-hydrogen) atoms. The molecule has 0 bridgehead atoms. The molecular formula is C39H50FIN8O2. The lowest BCUT2D eigenvalue weighted by molar-refractivity contribution is -0.646. The van der Waals surface area contributed by atoms with Gasteiger partial charge in [-0.15, -0.1) is 5.10 Å². The van der Waals surface area contributed by atoms with Gasteiger partial charge in [-0.05, 0) is 76.3 Å². The zero-order chi connectivity index (χ0) is 35.2. The minimum atomic E-state index is -0.382. The van der Waals surface area contributed by atoms with Crippen molar-refractivity contribution in [1.29, 1.82) is 0 Å². The second-order valence-electron chi connectivity index (χ2n) is 13.0. The van der Waals surface area contributed by atoms with Crippen molar-refractivity contribution in [2.75, 3.05) is 68.7 Å². The number of aryl methyl sites for hydroxylation is 2. The van der Waals surface area contributed by atoms with E-state index in [1.165, 1.54) is 0 Å². The van der Waals surface area contributed by atoms with E-state index >= 15 is 4.39 Å². The van der Waals surface area contributed by atoms with Gasteiger partial charge in [-0.25, -0.2) is 9.18 Å². The van der Waals surface area contributed by atoms with Crippen LogP contribution in [-0.2, 0) is 20.1 Å². The van der Waals surface area contributed by atoms with Gasteiger partial charge < -0.3 is 43.1 Å². The molecule has 6 rings (SSSR count). The van der Waals surface area contributed by atoms with E-state index in [2.05, 4.69) is 69.9 Å². The van der Waals surface area contributed by atoms with Crippen LogP contribution in [0.2, 0.25) is 0 Å². The van der Waals surface area contributed by atoms with Crippen molar-refractivity contribution in [2.45, 2.75) is 47.2 Å². The Morgan fingerprint density at radius 2 is 1.67 bits per heavy atom. The number of hydrogen-bond acceptors (Lipinski definition) is 8. The molecule has 0 N–H and O–H groups in total. The summed E-state index contributed by atoms with van der Waals surface area (Å²) in [5.41, 5.74) is 5.08. The molecular weight excluding hydrogens is 758 g/mol. The summed E-state index contributed by atoms with van der Waals surface area (Å²) in [6.07, 6.45) is 6.80. The molecule has 1 aliphatic heterocycles. The van der Waals surface area contributed by atoms with Gasteiger partial charge in [0, 0.05) is 99.3 Å². The molecule has 1 aliphatic rings. The number of piperazine rings is 1. The third kappa shape index (κ3) is 8.96. The van der Waals surface area contributed by atoms with Crippen LogP contribution in [0.3, 0.4) is 0 Å². The predicted molar refractivity (Wildman–Crippen MR) is 200 cm³/mol. The van der Waals surface area contributed by atoms with Gasteiger partial charge in [-0.2, -0.15) is 4.57 Å². The van der Waals surface area contributed by atoms with Crippen molar-refractivity contribution in [3.63, 3.8) is 0 Å². The third-order valence-corrected chi connectivity index (χ3v) is 10.0. The highest BCUT2D eigenvalue weighted by atomic mass is 127. The molecule has 2 aromatic carbocycles. The fourth-order valence-corrected chi connectivity index (χ4v) is 6.91. The molecule has 3 aromatic heterocycles. The maximum Gasteiger partial charge on any atom is 0.343 e. The first kappa shape index (κ1) is 38.4. The van der Waals surface area contributed by atoms with Crippen LogP contribution < -0.4 is 44.0 Å². The van der Waals surface area contributed by atoms with Gasteiger partial charge >= 0.3 is 5.63 Å². The fraction of sp³-hybridized carbons (Fsp3) is 0.436. The Morgan fingerprint density at radius 1 is 0.922 bits per heavy atom. The summed E-state index contributed by atoms with van der Waals surface area (Å²) in [5, 5.41) is 10.4. The van der Waals surface area contributed by atoms with E-state index in [4.69, 9.17) is 4.42 Å². The molecule has 0 saturated carbocycles. The summed E-state index contributed by atoms with van der Waals surface area (Å²) in [7, 11) is 1.97. The number of rotatable bonds is 14. The quantitative estimate of drug-likeness (QED) is 0.0965. The molecule has 0 amide bonds. The van der Waals surface area contributed by atoms with E-state index in [-0.39, 0.29) is 35.4 Å². The average Bonchev–Trinajstić information content (AvgIpc) is 3.57. The lowest BCUT2D eigenvalue weighted by Crippen LogP contribution is -3.00. The first-order valence-corrected chi connectivity index (χ1v) is 18.0. The fourth-order valence-electron chi connectivity index (χ4n) is 6.91. The van der Waals surface area contributed by atoms with Gasteiger partial charge in [0.1, 0.15) is 18.4 Å². The Bertz CT molecular complexity index is 2010. The molecule has 5 aromatic rings. The Morgan fingerprint density at radius 3 is 2.39 bits per heavy atom. The highest BCUT2D eigenvalue weighted by Crippen LogP contribution is 2.27. The van der Waals surface area contributed by atoms with Crippen LogP contribution in [0.4, 0.5) is 15.8 Å². The Kier molecular flexibility index (Phi) is 13.2. The molecule has 1 fully saturated rings. The molecule has 0 unspecified atom stereocenters. The van der Waals surface area contributed by atoms with E-state index in [1.807, 2.05) is 58.8 Å². The second kappa shape index (κ2) is 17.6. The monoisotopic (exact) mass is 808 g/mol. The molecule has 272 valence electrons. The van der Waals surface area contributed by atoms with Crippen LogP contribution in [0, 0.1) is 5.82 Å². The highest BCUT2D eigenvalue weighted by Gasteiger charge is 2.23. The number of aromatic nitrogens is 4. The molecule has 0 radical (unpaired) electrons. The maximum absolute atomic E-state index is 15.5. The van der Waals surface area contributed by atoms with Crippen molar-refractivity contribution in [3.05, 3.63) is 87.9 Å². The summed E-state index contributed by atoms with van der Waals surface area (Å²) < 4.78 is 25.2. The number of anilines is 2. The Balaban J connectivity index is 0.00000504. The first-order valence-electron chi connectivity index (χ1n) is 18.0. The van der Waals surface area contributed by atoms with Crippen molar-refractivity contribution in [3.8, 4) is 0 Å². The average molecular weight is 809 g/mol. The minimum absolute atomic E-state index is 0. The summed E-state index contributed by atoms with van der Waals surface area (Å²) in [6.45, 7) is 18.2. The Labute approximate surface area is 317 Å². The second-order valence-corrected chi connectivity index (χ2v) is 13.0. The topological polar surface area (TPSA) is 77.8 Å². The van der Waals surface area contributed by atoms with E-state index in [9.17, 15) is 4.79 Å². The first-order chi connectivity index (χ1) is 24.3. The van der Waals surface area contributed by atoms with Gasteiger partial charge in [0.2, 0.25) is 11.2 Å². The van der Waals surface area contributed by atoms with Crippen LogP contribution in [0.15, 0.2) is 63.9 Å². The van der Waals surface area contributed by atoms with Crippen LogP contribution in [0.25, 0.3) is 34.0 Å². The summed E-state index contributed by atoms with van der Waals surface area (Å²) >= 11 is 0. The molecule has 10 nitrogen and oxygen atoms in total. The van der Waals surface area contributed by atoms with E-state index in [1.54, 1.807) is 12.1 Å². The van der Waals surface area contributed by atoms with E-state index in [0.29, 0.717) is 16.8 Å². The molecule has 1 saturated heterocycles. The Hall–Kier alpha value is -3.88. The van der Waals surface area contributed by atoms with Gasteiger partial charge in [0.25, 0.3) is 0 Å². The lowest BCUT2D eigenvalue weighted by atomic mass is 10.1. The molecule has 12 heteroatoms. The van der Waals surface area contributed by atoms with Crippen molar-refractivity contribution >= 4 is 45.4 Å². The van der Waals surface area contributed by atoms with Crippen LogP contribution in [0.1, 0.15) is 51.1 Å². The lowest BCUT2D eigenvalue weighted by Gasteiger charge is -2.35. The molecule has 4 heterocycles. The molecule has 0 atom stereocenters.